The number of carbonyl (C=O) groups is 1. The molecule has 0 atom stereocenters. The van der Waals surface area contributed by atoms with Gasteiger partial charge < -0.3 is 4.90 Å². The Bertz CT molecular complexity index is 391. The number of nitrogens with zero attached hydrogens (tertiary/aromatic N) is 1. The van der Waals surface area contributed by atoms with Crippen molar-refractivity contribution in [2.45, 2.75) is 32.6 Å². The van der Waals surface area contributed by atoms with Crippen LogP contribution in [0.5, 0.6) is 0 Å². The molecule has 0 saturated carbocycles. The van der Waals surface area contributed by atoms with E-state index in [2.05, 4.69) is 25.0 Å². The van der Waals surface area contributed by atoms with E-state index in [4.69, 9.17) is 6.42 Å². The van der Waals surface area contributed by atoms with Crippen molar-refractivity contribution in [3.63, 3.8) is 0 Å². The molecule has 1 aromatic carbocycles. The van der Waals surface area contributed by atoms with Crippen LogP contribution in [0.2, 0.25) is 0 Å². The van der Waals surface area contributed by atoms with Crippen LogP contribution in [0.1, 0.15) is 31.7 Å². The highest BCUT2D eigenvalue weighted by molar-refractivity contribution is 5.76. The zero-order valence-electron chi connectivity index (χ0n) is 11.1. The normalized spacial score (nSPS) is 9.78. The summed E-state index contributed by atoms with van der Waals surface area (Å²) < 4.78 is 0. The van der Waals surface area contributed by atoms with Crippen LogP contribution in [0, 0.1) is 12.3 Å². The first-order valence-electron chi connectivity index (χ1n) is 6.53. The Morgan fingerprint density at radius 2 is 2.06 bits per heavy atom. The van der Waals surface area contributed by atoms with Gasteiger partial charge in [-0.15, -0.1) is 6.42 Å². The van der Waals surface area contributed by atoms with E-state index in [-0.39, 0.29) is 5.91 Å². The second-order valence-corrected chi connectivity index (χ2v) is 4.36. The molecule has 0 bridgehead atoms. The summed E-state index contributed by atoms with van der Waals surface area (Å²) in [7, 11) is 0. The summed E-state index contributed by atoms with van der Waals surface area (Å²) in [6.45, 7) is 3.24. The molecular formula is C16H21NO. The van der Waals surface area contributed by atoms with Crippen LogP contribution in [0.4, 0.5) is 0 Å². The highest BCUT2D eigenvalue weighted by atomic mass is 16.2. The lowest BCUT2D eigenvalue weighted by Crippen LogP contribution is -2.31. The van der Waals surface area contributed by atoms with Gasteiger partial charge in [-0.25, -0.2) is 0 Å². The van der Waals surface area contributed by atoms with Gasteiger partial charge in [0.1, 0.15) is 0 Å². The lowest BCUT2D eigenvalue weighted by molar-refractivity contribution is -0.130. The molecule has 0 spiro atoms. The van der Waals surface area contributed by atoms with Crippen LogP contribution in [-0.4, -0.2) is 23.9 Å². The van der Waals surface area contributed by atoms with Crippen molar-refractivity contribution in [2.24, 2.45) is 0 Å². The predicted molar refractivity (Wildman–Crippen MR) is 75.1 cm³/mol. The lowest BCUT2D eigenvalue weighted by Gasteiger charge is -2.19. The number of aryl methyl sites for hydroxylation is 1. The topological polar surface area (TPSA) is 20.3 Å². The van der Waals surface area contributed by atoms with E-state index in [0.717, 1.165) is 25.8 Å². The van der Waals surface area contributed by atoms with Gasteiger partial charge in [0.2, 0.25) is 5.91 Å². The molecule has 96 valence electrons. The van der Waals surface area contributed by atoms with Gasteiger partial charge in [0.05, 0.1) is 6.54 Å². The van der Waals surface area contributed by atoms with Crippen molar-refractivity contribution >= 4 is 5.91 Å². The third-order valence-corrected chi connectivity index (χ3v) is 2.83. The predicted octanol–water partition coefficient (Wildman–Crippen LogP) is 2.88. The Morgan fingerprint density at radius 1 is 1.33 bits per heavy atom. The second kappa shape index (κ2) is 8.36. The fourth-order valence-electron chi connectivity index (χ4n) is 1.92. The molecule has 0 aliphatic rings. The molecule has 0 radical (unpaired) electrons. The fraction of sp³-hybridized carbons (Fsp3) is 0.438. The number of hydrogen-bond donors (Lipinski definition) is 0. The molecule has 1 amide bonds. The standard InChI is InChI=1S/C16H21NO/c1-3-13-17(14-4-2)16(18)12-8-11-15-9-6-5-7-10-15/h1,5-7,9-10H,4,8,11-14H2,2H3. The van der Waals surface area contributed by atoms with Crippen LogP contribution in [0.3, 0.4) is 0 Å². The zero-order chi connectivity index (χ0) is 13.2. The van der Waals surface area contributed by atoms with Crippen molar-refractivity contribution in [3.8, 4) is 12.3 Å². The summed E-state index contributed by atoms with van der Waals surface area (Å²) >= 11 is 0. The molecule has 0 N–H and O–H groups in total. The molecule has 0 aliphatic carbocycles. The number of carbonyl (C=O) groups excluding carboxylic acids is 1. The van der Waals surface area contributed by atoms with Gasteiger partial charge in [0.25, 0.3) is 0 Å². The van der Waals surface area contributed by atoms with Gasteiger partial charge >= 0.3 is 0 Å². The smallest absolute Gasteiger partial charge is 0.223 e. The van der Waals surface area contributed by atoms with E-state index in [1.54, 1.807) is 4.90 Å². The summed E-state index contributed by atoms with van der Waals surface area (Å²) in [6, 6.07) is 10.2. The van der Waals surface area contributed by atoms with Crippen LogP contribution < -0.4 is 0 Å². The van der Waals surface area contributed by atoms with Gasteiger partial charge in [0, 0.05) is 13.0 Å². The molecule has 1 aromatic rings. The minimum absolute atomic E-state index is 0.172. The lowest BCUT2D eigenvalue weighted by atomic mass is 10.1. The molecule has 0 aliphatic heterocycles. The molecule has 1 rings (SSSR count). The highest BCUT2D eigenvalue weighted by Gasteiger charge is 2.10. The van der Waals surface area contributed by atoms with E-state index in [0.29, 0.717) is 13.0 Å². The molecular weight excluding hydrogens is 222 g/mol. The zero-order valence-corrected chi connectivity index (χ0v) is 11.1. The van der Waals surface area contributed by atoms with E-state index in [1.807, 2.05) is 18.2 Å². The van der Waals surface area contributed by atoms with Gasteiger partial charge in [-0.1, -0.05) is 43.2 Å². The van der Waals surface area contributed by atoms with Gasteiger partial charge in [-0.2, -0.15) is 0 Å². The third-order valence-electron chi connectivity index (χ3n) is 2.83. The number of benzene rings is 1. The summed E-state index contributed by atoms with van der Waals surface area (Å²) in [5.41, 5.74) is 1.28. The summed E-state index contributed by atoms with van der Waals surface area (Å²) in [5.74, 6) is 2.72. The minimum Gasteiger partial charge on any atom is -0.332 e. The van der Waals surface area contributed by atoms with Gasteiger partial charge in [-0.3, -0.25) is 4.79 Å². The van der Waals surface area contributed by atoms with Crippen LogP contribution in [0.15, 0.2) is 30.3 Å². The monoisotopic (exact) mass is 243 g/mol. The highest BCUT2D eigenvalue weighted by Crippen LogP contribution is 2.06. The Labute approximate surface area is 110 Å². The molecule has 0 aromatic heterocycles. The molecule has 0 fully saturated rings. The molecule has 0 heterocycles. The minimum atomic E-state index is 0.172. The van der Waals surface area contributed by atoms with E-state index >= 15 is 0 Å². The average molecular weight is 243 g/mol. The maximum absolute atomic E-state index is 11.9. The van der Waals surface area contributed by atoms with Crippen molar-refractivity contribution in [1.82, 2.24) is 4.90 Å². The van der Waals surface area contributed by atoms with E-state index in [9.17, 15) is 4.79 Å². The van der Waals surface area contributed by atoms with Crippen molar-refractivity contribution < 1.29 is 4.79 Å². The fourth-order valence-corrected chi connectivity index (χ4v) is 1.92. The average Bonchev–Trinajstić information content (AvgIpc) is 2.39. The first-order chi connectivity index (χ1) is 8.77. The van der Waals surface area contributed by atoms with Gasteiger partial charge in [-0.05, 0) is 24.8 Å². The Balaban J connectivity index is 2.33. The largest absolute Gasteiger partial charge is 0.332 e. The summed E-state index contributed by atoms with van der Waals surface area (Å²) in [5, 5.41) is 0. The maximum Gasteiger partial charge on any atom is 0.223 e. The second-order valence-electron chi connectivity index (χ2n) is 4.36. The molecule has 2 heteroatoms. The number of hydrogen-bond acceptors (Lipinski definition) is 1. The first kappa shape index (κ1) is 14.3. The summed E-state index contributed by atoms with van der Waals surface area (Å²) in [4.78, 5) is 13.7. The number of terminal acetylenes is 1. The number of amides is 1. The molecule has 0 unspecified atom stereocenters. The third kappa shape index (κ3) is 5.05. The Hall–Kier alpha value is -1.75. The van der Waals surface area contributed by atoms with Crippen LogP contribution in [0.25, 0.3) is 0 Å². The SMILES string of the molecule is C#CCN(CCC)C(=O)CCCc1ccccc1. The van der Waals surface area contributed by atoms with Gasteiger partial charge in [0.15, 0.2) is 0 Å². The maximum atomic E-state index is 11.9. The van der Waals surface area contributed by atoms with Crippen LogP contribution >= 0.6 is 0 Å². The van der Waals surface area contributed by atoms with Crippen molar-refractivity contribution in [3.05, 3.63) is 35.9 Å². The van der Waals surface area contributed by atoms with E-state index in [1.165, 1.54) is 5.56 Å². The molecule has 0 saturated heterocycles. The van der Waals surface area contributed by atoms with E-state index < -0.39 is 0 Å². The van der Waals surface area contributed by atoms with Crippen molar-refractivity contribution in [2.75, 3.05) is 13.1 Å². The van der Waals surface area contributed by atoms with Crippen LogP contribution in [-0.2, 0) is 11.2 Å². The quantitative estimate of drug-likeness (QED) is 0.674. The van der Waals surface area contributed by atoms with Crippen molar-refractivity contribution in [1.29, 1.82) is 0 Å². The molecule has 18 heavy (non-hydrogen) atoms. The Kier molecular flexibility index (Phi) is 6.64. The number of rotatable bonds is 7. The Morgan fingerprint density at radius 3 is 2.67 bits per heavy atom. The summed E-state index contributed by atoms with van der Waals surface area (Å²) in [6.07, 6.45) is 8.63. The molecule has 2 nitrogen and oxygen atoms in total. The first-order valence-corrected chi connectivity index (χ1v) is 6.53.